The van der Waals surface area contributed by atoms with E-state index in [4.69, 9.17) is 24.7 Å². The van der Waals surface area contributed by atoms with E-state index < -0.39 is 0 Å². The van der Waals surface area contributed by atoms with Crippen LogP contribution in [0.15, 0.2) is 0 Å². The van der Waals surface area contributed by atoms with Crippen LogP contribution in [-0.4, -0.2) is 71.9 Å². The van der Waals surface area contributed by atoms with Gasteiger partial charge in [-0.05, 0) is 6.92 Å². The molecular weight excluding hydrogens is 252 g/mol. The lowest BCUT2D eigenvalue weighted by Crippen LogP contribution is -2.31. The Hall–Kier alpha value is -0.730. The Balaban J connectivity index is 3.13. The van der Waals surface area contributed by atoms with Crippen molar-refractivity contribution >= 4 is 5.91 Å². The lowest BCUT2D eigenvalue weighted by Gasteiger charge is -2.07. The van der Waals surface area contributed by atoms with Crippen molar-refractivity contribution in [1.29, 1.82) is 0 Å². The summed E-state index contributed by atoms with van der Waals surface area (Å²) in [6.45, 7) is 6.55. The summed E-state index contributed by atoms with van der Waals surface area (Å²) in [5.41, 5.74) is 5.25. The number of hydrogen-bond acceptors (Lipinski definition) is 6. The molecule has 7 heteroatoms. The third kappa shape index (κ3) is 15.2. The SMILES string of the molecule is CCOCCOCCNC(=O)COCCOCCN. The highest BCUT2D eigenvalue weighted by Crippen LogP contribution is 1.80. The number of nitrogens with one attached hydrogen (secondary N) is 1. The fraction of sp³-hybridized carbons (Fsp3) is 0.917. The van der Waals surface area contributed by atoms with E-state index in [2.05, 4.69) is 5.32 Å². The molecule has 0 aromatic rings. The lowest BCUT2D eigenvalue weighted by atomic mass is 10.6. The number of hydrogen-bond donors (Lipinski definition) is 2. The molecule has 0 aliphatic rings. The van der Waals surface area contributed by atoms with Gasteiger partial charge in [-0.1, -0.05) is 0 Å². The maximum Gasteiger partial charge on any atom is 0.246 e. The second kappa shape index (κ2) is 15.3. The summed E-state index contributed by atoms with van der Waals surface area (Å²) >= 11 is 0. The summed E-state index contributed by atoms with van der Waals surface area (Å²) in [7, 11) is 0. The standard InChI is InChI=1S/C12H26N2O5/c1-2-16-7-8-18-6-4-14-12(15)11-19-10-9-17-5-3-13/h2-11,13H2,1H3,(H,14,15). The van der Waals surface area contributed by atoms with Crippen molar-refractivity contribution in [1.82, 2.24) is 5.32 Å². The van der Waals surface area contributed by atoms with Gasteiger partial charge in [-0.25, -0.2) is 0 Å². The molecule has 0 aromatic heterocycles. The first-order valence-corrected chi connectivity index (χ1v) is 6.59. The van der Waals surface area contributed by atoms with Crippen LogP contribution >= 0.6 is 0 Å². The molecule has 3 N–H and O–H groups in total. The molecule has 0 heterocycles. The van der Waals surface area contributed by atoms with E-state index in [0.717, 1.165) is 0 Å². The molecule has 0 fully saturated rings. The minimum absolute atomic E-state index is 0.0327. The highest BCUT2D eigenvalue weighted by molar-refractivity contribution is 5.77. The van der Waals surface area contributed by atoms with Crippen LogP contribution in [0, 0.1) is 0 Å². The molecule has 0 aromatic carbocycles. The van der Waals surface area contributed by atoms with Gasteiger partial charge >= 0.3 is 0 Å². The topological polar surface area (TPSA) is 92.0 Å². The molecule has 0 atom stereocenters. The van der Waals surface area contributed by atoms with Gasteiger partial charge in [-0.15, -0.1) is 0 Å². The molecule has 114 valence electrons. The molecule has 0 rings (SSSR count). The molecule has 19 heavy (non-hydrogen) atoms. The summed E-state index contributed by atoms with van der Waals surface area (Å²) in [5.74, 6) is -0.160. The molecule has 0 saturated carbocycles. The normalized spacial score (nSPS) is 10.6. The molecular formula is C12H26N2O5. The summed E-state index contributed by atoms with van der Waals surface area (Å²) in [5, 5.41) is 2.69. The van der Waals surface area contributed by atoms with Crippen molar-refractivity contribution in [2.24, 2.45) is 5.73 Å². The van der Waals surface area contributed by atoms with Gasteiger partial charge in [0.05, 0.1) is 39.6 Å². The number of rotatable bonds is 14. The van der Waals surface area contributed by atoms with E-state index in [1.54, 1.807) is 0 Å². The molecule has 1 amide bonds. The highest BCUT2D eigenvalue weighted by atomic mass is 16.5. The van der Waals surface area contributed by atoms with Crippen LogP contribution in [0.25, 0.3) is 0 Å². The molecule has 0 saturated heterocycles. The van der Waals surface area contributed by atoms with E-state index in [9.17, 15) is 4.79 Å². The first-order valence-electron chi connectivity index (χ1n) is 6.59. The molecule has 7 nitrogen and oxygen atoms in total. The first kappa shape index (κ1) is 18.3. The van der Waals surface area contributed by atoms with Gasteiger partial charge in [0.1, 0.15) is 6.61 Å². The third-order valence-electron chi connectivity index (χ3n) is 2.01. The van der Waals surface area contributed by atoms with Crippen LogP contribution < -0.4 is 11.1 Å². The second-order valence-corrected chi connectivity index (χ2v) is 3.61. The molecule has 0 bridgehead atoms. The fourth-order valence-electron chi connectivity index (χ4n) is 1.15. The van der Waals surface area contributed by atoms with E-state index in [1.807, 2.05) is 6.92 Å². The number of carbonyl (C=O) groups excluding carboxylic acids is 1. The largest absolute Gasteiger partial charge is 0.379 e. The van der Waals surface area contributed by atoms with Crippen molar-refractivity contribution in [3.63, 3.8) is 0 Å². The van der Waals surface area contributed by atoms with Gasteiger partial charge < -0.3 is 30.0 Å². The quantitative estimate of drug-likeness (QED) is 0.402. The van der Waals surface area contributed by atoms with Crippen LogP contribution in [-0.2, 0) is 23.7 Å². The fourth-order valence-corrected chi connectivity index (χ4v) is 1.15. The summed E-state index contributed by atoms with van der Waals surface area (Å²) in [6.07, 6.45) is 0. The van der Waals surface area contributed by atoms with Gasteiger partial charge in [-0.2, -0.15) is 0 Å². The average molecular weight is 278 g/mol. The maximum atomic E-state index is 11.3. The Bertz CT molecular complexity index is 205. The molecule has 0 unspecified atom stereocenters. The minimum Gasteiger partial charge on any atom is -0.379 e. The van der Waals surface area contributed by atoms with Crippen LogP contribution in [0.4, 0.5) is 0 Å². The van der Waals surface area contributed by atoms with Crippen molar-refractivity contribution in [2.75, 3.05) is 65.9 Å². The maximum absolute atomic E-state index is 11.3. The lowest BCUT2D eigenvalue weighted by molar-refractivity contribution is -0.126. The zero-order valence-corrected chi connectivity index (χ0v) is 11.7. The van der Waals surface area contributed by atoms with Crippen molar-refractivity contribution in [2.45, 2.75) is 6.92 Å². The van der Waals surface area contributed by atoms with E-state index >= 15 is 0 Å². The Morgan fingerprint density at radius 2 is 1.58 bits per heavy atom. The van der Waals surface area contributed by atoms with Crippen molar-refractivity contribution in [3.8, 4) is 0 Å². The number of amides is 1. The zero-order chi connectivity index (χ0) is 14.2. The predicted molar refractivity (Wildman–Crippen MR) is 71.0 cm³/mol. The van der Waals surface area contributed by atoms with Gasteiger partial charge in [0.15, 0.2) is 0 Å². The minimum atomic E-state index is -0.160. The van der Waals surface area contributed by atoms with Crippen LogP contribution in [0.5, 0.6) is 0 Å². The monoisotopic (exact) mass is 278 g/mol. The van der Waals surface area contributed by atoms with Crippen LogP contribution in [0.2, 0.25) is 0 Å². The molecule has 0 spiro atoms. The Kier molecular flexibility index (Phi) is 14.7. The molecule has 0 aliphatic heterocycles. The summed E-state index contributed by atoms with van der Waals surface area (Å²) in [6, 6.07) is 0. The zero-order valence-electron chi connectivity index (χ0n) is 11.7. The highest BCUT2D eigenvalue weighted by Gasteiger charge is 2.00. The van der Waals surface area contributed by atoms with Crippen molar-refractivity contribution < 1.29 is 23.7 Å². The van der Waals surface area contributed by atoms with Crippen LogP contribution in [0.3, 0.4) is 0 Å². The van der Waals surface area contributed by atoms with Gasteiger partial charge in [0.25, 0.3) is 0 Å². The third-order valence-corrected chi connectivity index (χ3v) is 2.01. The summed E-state index contributed by atoms with van der Waals surface area (Å²) < 4.78 is 20.6. The number of nitrogens with two attached hydrogens (primary N) is 1. The first-order chi connectivity index (χ1) is 9.31. The van der Waals surface area contributed by atoms with Gasteiger partial charge in [0.2, 0.25) is 5.91 Å². The van der Waals surface area contributed by atoms with E-state index in [-0.39, 0.29) is 12.5 Å². The Morgan fingerprint density at radius 1 is 0.947 bits per heavy atom. The Morgan fingerprint density at radius 3 is 2.26 bits per heavy atom. The van der Waals surface area contributed by atoms with E-state index in [1.165, 1.54) is 0 Å². The van der Waals surface area contributed by atoms with Gasteiger partial charge in [0, 0.05) is 19.7 Å². The number of carbonyl (C=O) groups is 1. The second-order valence-electron chi connectivity index (χ2n) is 3.61. The molecule has 0 radical (unpaired) electrons. The van der Waals surface area contributed by atoms with Crippen molar-refractivity contribution in [3.05, 3.63) is 0 Å². The smallest absolute Gasteiger partial charge is 0.246 e. The van der Waals surface area contributed by atoms with Gasteiger partial charge in [-0.3, -0.25) is 4.79 Å². The van der Waals surface area contributed by atoms with Crippen LogP contribution in [0.1, 0.15) is 6.92 Å². The predicted octanol–water partition coefficient (Wildman–Crippen LogP) is -0.852. The average Bonchev–Trinajstić information content (AvgIpc) is 2.41. The Labute approximate surface area is 114 Å². The molecule has 0 aliphatic carbocycles. The van der Waals surface area contributed by atoms with E-state index in [0.29, 0.717) is 59.3 Å². The summed E-state index contributed by atoms with van der Waals surface area (Å²) in [4.78, 5) is 11.3. The number of ether oxygens (including phenoxy) is 4.